The Balaban J connectivity index is 3.64. The summed E-state index contributed by atoms with van der Waals surface area (Å²) in [6.45, 7) is 2.96. The van der Waals surface area contributed by atoms with Crippen molar-refractivity contribution in [1.29, 1.82) is 0 Å². The lowest BCUT2D eigenvalue weighted by atomic mass is 10.1. The van der Waals surface area contributed by atoms with Gasteiger partial charge in [-0.25, -0.2) is 4.79 Å². The largest absolute Gasteiger partial charge is 0.480 e. The summed E-state index contributed by atoms with van der Waals surface area (Å²) < 4.78 is 1.30. The van der Waals surface area contributed by atoms with E-state index in [1.165, 1.54) is 14.0 Å². The summed E-state index contributed by atoms with van der Waals surface area (Å²) in [5.41, 5.74) is 0.728. The molecule has 1 aromatic carbocycles. The fourth-order valence-corrected chi connectivity index (χ4v) is 6.46. The average molecular weight is 699 g/mol. The van der Waals surface area contributed by atoms with Gasteiger partial charge in [0.1, 0.15) is 6.04 Å². The third kappa shape index (κ3) is 5.17. The molecule has 4 N–H and O–H groups in total. The SMILES string of the molecule is CCC(NC(=O)c1c(I)c(NC(C)=O)c(I)c(C(=O)NC)c1I)C(=O)O. The second-order valence-corrected chi connectivity index (χ2v) is 8.34. The molecule has 0 spiro atoms. The van der Waals surface area contributed by atoms with Crippen molar-refractivity contribution >= 4 is 97.2 Å². The molecule has 0 aromatic heterocycles. The molecular weight excluding hydrogens is 683 g/mol. The van der Waals surface area contributed by atoms with Crippen molar-refractivity contribution < 1.29 is 24.3 Å². The first kappa shape index (κ1) is 23.3. The van der Waals surface area contributed by atoms with E-state index in [1.54, 1.807) is 6.92 Å². The monoisotopic (exact) mass is 699 g/mol. The van der Waals surface area contributed by atoms with Crippen LogP contribution in [0.15, 0.2) is 0 Å². The summed E-state index contributed by atoms with van der Waals surface area (Å²) in [7, 11) is 1.46. The molecule has 0 bridgehead atoms. The van der Waals surface area contributed by atoms with Crippen LogP contribution in [0.5, 0.6) is 0 Å². The zero-order valence-electron chi connectivity index (χ0n) is 14.0. The van der Waals surface area contributed by atoms with E-state index in [9.17, 15) is 19.2 Å². The van der Waals surface area contributed by atoms with Crippen molar-refractivity contribution in [3.8, 4) is 0 Å². The summed E-state index contributed by atoms with van der Waals surface area (Å²) in [5.74, 6) is -2.54. The Bertz CT molecular complexity index is 783. The number of anilines is 1. The second-order valence-electron chi connectivity index (χ2n) is 5.10. The maximum Gasteiger partial charge on any atom is 0.326 e. The van der Waals surface area contributed by atoms with E-state index >= 15 is 0 Å². The maximum atomic E-state index is 12.7. The van der Waals surface area contributed by atoms with E-state index in [4.69, 9.17) is 5.11 Å². The van der Waals surface area contributed by atoms with E-state index in [0.29, 0.717) is 16.4 Å². The first-order chi connectivity index (χ1) is 12.1. The zero-order chi connectivity index (χ0) is 20.2. The molecule has 0 aliphatic heterocycles. The molecule has 8 nitrogen and oxygen atoms in total. The number of hydrogen-bond acceptors (Lipinski definition) is 4. The summed E-state index contributed by atoms with van der Waals surface area (Å²) >= 11 is 5.72. The number of carbonyl (C=O) groups is 4. The minimum absolute atomic E-state index is 0.147. The van der Waals surface area contributed by atoms with Crippen molar-refractivity contribution in [1.82, 2.24) is 10.6 Å². The van der Waals surface area contributed by atoms with Crippen molar-refractivity contribution in [2.24, 2.45) is 0 Å². The van der Waals surface area contributed by atoms with Crippen molar-refractivity contribution in [2.45, 2.75) is 26.3 Å². The summed E-state index contributed by atoms with van der Waals surface area (Å²) in [4.78, 5) is 47.8. The van der Waals surface area contributed by atoms with Gasteiger partial charge < -0.3 is 21.1 Å². The predicted octanol–water partition coefficient (Wildman–Crippen LogP) is 2.41. The highest BCUT2D eigenvalue weighted by Gasteiger charge is 2.29. The summed E-state index contributed by atoms with van der Waals surface area (Å²) in [5, 5.41) is 16.8. The smallest absolute Gasteiger partial charge is 0.326 e. The average Bonchev–Trinajstić information content (AvgIpc) is 2.55. The molecule has 0 aliphatic rings. The number of carboxylic acids is 1. The number of hydrogen-bond donors (Lipinski definition) is 4. The quantitative estimate of drug-likeness (QED) is 0.340. The van der Waals surface area contributed by atoms with E-state index in [1.807, 2.05) is 67.8 Å². The Morgan fingerprint density at radius 1 is 1.00 bits per heavy atom. The minimum atomic E-state index is -1.15. The lowest BCUT2D eigenvalue weighted by Crippen LogP contribution is -2.41. The molecule has 26 heavy (non-hydrogen) atoms. The molecule has 142 valence electrons. The first-order valence-electron chi connectivity index (χ1n) is 7.30. The molecule has 0 saturated heterocycles. The van der Waals surface area contributed by atoms with Gasteiger partial charge in [-0.15, -0.1) is 0 Å². The van der Waals surface area contributed by atoms with Crippen LogP contribution in [0, 0.1) is 10.7 Å². The number of carbonyl (C=O) groups excluding carboxylic acids is 3. The third-order valence-electron chi connectivity index (χ3n) is 3.31. The highest BCUT2D eigenvalue weighted by molar-refractivity contribution is 14.1. The number of amides is 3. The molecule has 1 unspecified atom stereocenters. The predicted molar refractivity (Wildman–Crippen MR) is 121 cm³/mol. The van der Waals surface area contributed by atoms with Crippen LogP contribution >= 0.6 is 67.8 Å². The molecule has 0 saturated carbocycles. The molecule has 1 rings (SSSR count). The Morgan fingerprint density at radius 3 is 1.88 bits per heavy atom. The molecule has 1 atom stereocenters. The van der Waals surface area contributed by atoms with E-state index in [-0.39, 0.29) is 23.5 Å². The molecule has 3 amide bonds. The Morgan fingerprint density at radius 2 is 1.50 bits per heavy atom. The van der Waals surface area contributed by atoms with Crippen LogP contribution in [-0.2, 0) is 9.59 Å². The van der Waals surface area contributed by atoms with E-state index in [2.05, 4.69) is 16.0 Å². The Hall–Kier alpha value is -0.710. The van der Waals surface area contributed by atoms with E-state index < -0.39 is 23.8 Å². The van der Waals surface area contributed by atoms with E-state index in [0.717, 1.165) is 0 Å². The van der Waals surface area contributed by atoms with Gasteiger partial charge in [0, 0.05) is 17.5 Å². The number of benzene rings is 1. The number of carboxylic acid groups (broad SMARTS) is 1. The van der Waals surface area contributed by atoms with Gasteiger partial charge in [0.2, 0.25) is 5.91 Å². The molecule has 0 heterocycles. The number of halogens is 3. The fraction of sp³-hybridized carbons (Fsp3) is 0.333. The Labute approximate surface area is 191 Å². The zero-order valence-corrected chi connectivity index (χ0v) is 20.5. The van der Waals surface area contributed by atoms with Gasteiger partial charge in [-0.05, 0) is 74.2 Å². The van der Waals surface area contributed by atoms with Gasteiger partial charge in [-0.3, -0.25) is 14.4 Å². The van der Waals surface area contributed by atoms with Crippen molar-refractivity contribution in [3.05, 3.63) is 21.8 Å². The lowest BCUT2D eigenvalue weighted by Gasteiger charge is -2.20. The van der Waals surface area contributed by atoms with Crippen LogP contribution in [0.4, 0.5) is 5.69 Å². The van der Waals surface area contributed by atoms with Crippen molar-refractivity contribution in [2.75, 3.05) is 12.4 Å². The summed E-state index contributed by atoms with van der Waals surface area (Å²) in [6.07, 6.45) is 0.208. The van der Waals surface area contributed by atoms with Crippen LogP contribution in [0.3, 0.4) is 0 Å². The highest BCUT2D eigenvalue weighted by Crippen LogP contribution is 2.35. The van der Waals surface area contributed by atoms with Gasteiger partial charge >= 0.3 is 5.97 Å². The van der Waals surface area contributed by atoms with Gasteiger partial charge in [-0.1, -0.05) is 6.92 Å². The van der Waals surface area contributed by atoms with Crippen LogP contribution in [0.2, 0.25) is 0 Å². The van der Waals surface area contributed by atoms with Gasteiger partial charge in [0.15, 0.2) is 0 Å². The molecule has 0 radical (unpaired) electrons. The molecule has 1 aromatic rings. The highest BCUT2D eigenvalue weighted by atomic mass is 127. The number of nitrogens with one attached hydrogen (secondary N) is 3. The third-order valence-corrected chi connectivity index (χ3v) is 6.55. The van der Waals surface area contributed by atoms with Gasteiger partial charge in [0.05, 0.1) is 24.0 Å². The van der Waals surface area contributed by atoms with Gasteiger partial charge in [0.25, 0.3) is 11.8 Å². The maximum absolute atomic E-state index is 12.7. The number of rotatable bonds is 6. The van der Waals surface area contributed by atoms with Gasteiger partial charge in [-0.2, -0.15) is 0 Å². The fourth-order valence-electron chi connectivity index (χ4n) is 2.04. The van der Waals surface area contributed by atoms with Crippen LogP contribution in [0.25, 0.3) is 0 Å². The minimum Gasteiger partial charge on any atom is -0.480 e. The van der Waals surface area contributed by atoms with Crippen LogP contribution < -0.4 is 16.0 Å². The van der Waals surface area contributed by atoms with Crippen LogP contribution in [0.1, 0.15) is 41.0 Å². The first-order valence-corrected chi connectivity index (χ1v) is 10.5. The molecular formula is C15H16I3N3O5. The molecule has 0 aliphatic carbocycles. The summed E-state index contributed by atoms with van der Waals surface area (Å²) in [6, 6.07) is -1.05. The topological polar surface area (TPSA) is 125 Å². The second kappa shape index (κ2) is 10.0. The Kier molecular flexibility index (Phi) is 8.98. The number of aliphatic carboxylic acids is 1. The molecule has 11 heteroatoms. The van der Waals surface area contributed by atoms with Crippen LogP contribution in [-0.4, -0.2) is 41.9 Å². The lowest BCUT2D eigenvalue weighted by molar-refractivity contribution is -0.139. The van der Waals surface area contributed by atoms with Crippen molar-refractivity contribution in [3.63, 3.8) is 0 Å². The normalized spacial score (nSPS) is 11.5. The molecule has 0 fully saturated rings. The standard InChI is InChI=1S/C15H16I3N3O5/c1-4-6(15(25)26)21-14(24)8-9(16)7(13(23)19-3)10(17)12(11(8)18)20-5(2)22/h6H,4H2,1-3H3,(H,19,23)(H,20,22)(H,21,24)(H,25,26).